The van der Waals surface area contributed by atoms with Gasteiger partial charge in [-0.3, -0.25) is 4.79 Å². The Morgan fingerprint density at radius 1 is 1.11 bits per heavy atom. The molecular weight excluding hydrogens is 354 g/mol. The molecule has 3 aromatic rings. The Morgan fingerprint density at radius 3 is 2.54 bits per heavy atom. The van der Waals surface area contributed by atoms with Crippen LogP contribution in [0.2, 0.25) is 0 Å². The van der Waals surface area contributed by atoms with Crippen LogP contribution in [-0.4, -0.2) is 40.0 Å². The van der Waals surface area contributed by atoms with Crippen molar-refractivity contribution in [3.8, 4) is 17.3 Å². The van der Waals surface area contributed by atoms with Crippen molar-refractivity contribution >= 4 is 5.91 Å². The molecule has 1 aliphatic heterocycles. The molecule has 1 amide bonds. The number of ether oxygens (including phenoxy) is 1. The summed E-state index contributed by atoms with van der Waals surface area (Å²) in [6.45, 7) is 5.05. The van der Waals surface area contributed by atoms with Gasteiger partial charge in [0.25, 0.3) is 5.91 Å². The number of aryl methyl sites for hydroxylation is 2. The van der Waals surface area contributed by atoms with E-state index in [2.05, 4.69) is 9.97 Å². The highest BCUT2D eigenvalue weighted by molar-refractivity contribution is 5.93. The van der Waals surface area contributed by atoms with E-state index in [9.17, 15) is 4.79 Å². The fourth-order valence-electron chi connectivity index (χ4n) is 3.31. The Balaban J connectivity index is 1.39. The fourth-order valence-corrected chi connectivity index (χ4v) is 3.31. The summed E-state index contributed by atoms with van der Waals surface area (Å²) in [7, 11) is 0. The normalized spacial score (nSPS) is 14.9. The first-order valence-corrected chi connectivity index (χ1v) is 9.51. The number of rotatable bonds is 4. The molecule has 0 atom stereocenters. The third kappa shape index (κ3) is 3.91. The molecule has 0 radical (unpaired) electrons. The number of hydrogen-bond donors (Lipinski definition) is 0. The second-order valence-corrected chi connectivity index (χ2v) is 7.08. The van der Waals surface area contributed by atoms with Gasteiger partial charge in [0.15, 0.2) is 0 Å². The van der Waals surface area contributed by atoms with E-state index in [1.54, 1.807) is 6.20 Å². The van der Waals surface area contributed by atoms with Crippen molar-refractivity contribution in [2.45, 2.75) is 32.8 Å². The summed E-state index contributed by atoms with van der Waals surface area (Å²) in [4.78, 5) is 23.4. The summed E-state index contributed by atoms with van der Waals surface area (Å²) in [5.41, 5.74) is 2.58. The smallest absolute Gasteiger partial charge is 0.291 e. The maximum Gasteiger partial charge on any atom is 0.291 e. The molecule has 6 heteroatoms. The Labute approximate surface area is 164 Å². The predicted octanol–water partition coefficient (Wildman–Crippen LogP) is 4.04. The molecule has 0 aliphatic carbocycles. The molecule has 0 saturated carbocycles. The van der Waals surface area contributed by atoms with Gasteiger partial charge >= 0.3 is 0 Å². The van der Waals surface area contributed by atoms with E-state index < -0.39 is 0 Å². The van der Waals surface area contributed by atoms with Crippen LogP contribution >= 0.6 is 0 Å². The Hall–Kier alpha value is -3.15. The van der Waals surface area contributed by atoms with Gasteiger partial charge in [-0.05, 0) is 31.5 Å². The van der Waals surface area contributed by atoms with Crippen LogP contribution < -0.4 is 4.74 Å². The molecule has 1 fully saturated rings. The van der Waals surface area contributed by atoms with E-state index in [0.29, 0.717) is 36.3 Å². The number of amides is 1. The van der Waals surface area contributed by atoms with Crippen LogP contribution in [0.15, 0.2) is 53.1 Å². The molecule has 0 spiro atoms. The highest BCUT2D eigenvalue weighted by Crippen LogP contribution is 2.24. The number of aromatic nitrogens is 2. The van der Waals surface area contributed by atoms with E-state index in [4.69, 9.17) is 9.15 Å². The Bertz CT molecular complexity index is 943. The zero-order valence-corrected chi connectivity index (χ0v) is 16.1. The van der Waals surface area contributed by atoms with Gasteiger partial charge < -0.3 is 14.1 Å². The van der Waals surface area contributed by atoms with Crippen LogP contribution in [0.1, 0.15) is 34.7 Å². The highest BCUT2D eigenvalue weighted by Gasteiger charge is 2.28. The number of pyridine rings is 1. The van der Waals surface area contributed by atoms with Crippen molar-refractivity contribution in [3.63, 3.8) is 0 Å². The van der Waals surface area contributed by atoms with Crippen molar-refractivity contribution in [2.24, 2.45) is 0 Å². The first-order valence-electron chi connectivity index (χ1n) is 9.51. The van der Waals surface area contributed by atoms with Gasteiger partial charge in [0.05, 0.1) is 5.69 Å². The third-order valence-corrected chi connectivity index (χ3v) is 4.91. The number of likely N-dealkylation sites (tertiary alicyclic amines) is 1. The highest BCUT2D eigenvalue weighted by atomic mass is 16.5. The largest absolute Gasteiger partial charge is 0.474 e. The van der Waals surface area contributed by atoms with E-state index in [1.807, 2.05) is 61.2 Å². The molecule has 4 rings (SSSR count). The minimum absolute atomic E-state index is 0.0648. The van der Waals surface area contributed by atoms with Crippen molar-refractivity contribution in [1.82, 2.24) is 14.9 Å². The van der Waals surface area contributed by atoms with Crippen LogP contribution in [-0.2, 0) is 0 Å². The molecule has 1 aliphatic rings. The molecule has 3 heterocycles. The van der Waals surface area contributed by atoms with Gasteiger partial charge in [0.1, 0.15) is 6.10 Å². The van der Waals surface area contributed by atoms with E-state index in [-0.39, 0.29) is 12.0 Å². The van der Waals surface area contributed by atoms with Crippen LogP contribution in [0.4, 0.5) is 0 Å². The Morgan fingerprint density at radius 2 is 1.86 bits per heavy atom. The number of nitrogens with zero attached hydrogens (tertiary/aromatic N) is 3. The second kappa shape index (κ2) is 7.84. The van der Waals surface area contributed by atoms with Gasteiger partial charge in [-0.25, -0.2) is 9.97 Å². The molecule has 0 unspecified atom stereocenters. The minimum atomic E-state index is -0.112. The molecule has 1 aromatic carbocycles. The lowest BCUT2D eigenvalue weighted by molar-refractivity contribution is 0.0559. The quantitative estimate of drug-likeness (QED) is 0.686. The van der Waals surface area contributed by atoms with Crippen molar-refractivity contribution < 1.29 is 13.9 Å². The zero-order chi connectivity index (χ0) is 19.5. The molecular formula is C22H23N3O3. The van der Waals surface area contributed by atoms with Crippen LogP contribution in [0.5, 0.6) is 5.88 Å². The number of oxazole rings is 1. The van der Waals surface area contributed by atoms with Crippen LogP contribution in [0.3, 0.4) is 0 Å². The number of hydrogen-bond acceptors (Lipinski definition) is 5. The minimum Gasteiger partial charge on any atom is -0.474 e. The van der Waals surface area contributed by atoms with Crippen molar-refractivity contribution in [1.29, 1.82) is 0 Å². The number of benzene rings is 1. The zero-order valence-electron chi connectivity index (χ0n) is 16.1. The van der Waals surface area contributed by atoms with E-state index >= 15 is 0 Å². The summed E-state index contributed by atoms with van der Waals surface area (Å²) < 4.78 is 11.8. The van der Waals surface area contributed by atoms with Crippen molar-refractivity contribution in [3.05, 3.63) is 65.7 Å². The molecule has 0 N–H and O–H groups in total. The van der Waals surface area contributed by atoms with Crippen molar-refractivity contribution in [2.75, 3.05) is 13.1 Å². The predicted molar refractivity (Wildman–Crippen MR) is 105 cm³/mol. The summed E-state index contributed by atoms with van der Waals surface area (Å²) >= 11 is 0. The molecule has 28 heavy (non-hydrogen) atoms. The van der Waals surface area contributed by atoms with E-state index in [1.165, 1.54) is 0 Å². The lowest BCUT2D eigenvalue weighted by Gasteiger charge is -2.31. The molecule has 1 saturated heterocycles. The maximum absolute atomic E-state index is 12.9. The third-order valence-electron chi connectivity index (χ3n) is 4.91. The fraction of sp³-hybridized carbons (Fsp3) is 0.318. The summed E-state index contributed by atoms with van der Waals surface area (Å²) in [5, 5.41) is 0. The van der Waals surface area contributed by atoms with Gasteiger partial charge in [-0.2, -0.15) is 0 Å². The second-order valence-electron chi connectivity index (χ2n) is 7.08. The average Bonchev–Trinajstić information content (AvgIpc) is 3.12. The van der Waals surface area contributed by atoms with Crippen LogP contribution in [0.25, 0.3) is 11.5 Å². The first kappa shape index (κ1) is 18.2. The Kier molecular flexibility index (Phi) is 5.10. The molecule has 0 bridgehead atoms. The topological polar surface area (TPSA) is 68.5 Å². The van der Waals surface area contributed by atoms with Gasteiger partial charge in [-0.1, -0.05) is 24.3 Å². The molecule has 2 aromatic heterocycles. The lowest BCUT2D eigenvalue weighted by atomic mass is 10.1. The van der Waals surface area contributed by atoms with Gasteiger partial charge in [-0.15, -0.1) is 0 Å². The summed E-state index contributed by atoms with van der Waals surface area (Å²) in [6, 6.07) is 13.5. The lowest BCUT2D eigenvalue weighted by Crippen LogP contribution is -2.42. The average molecular weight is 377 g/mol. The first-order chi connectivity index (χ1) is 13.6. The summed E-state index contributed by atoms with van der Waals surface area (Å²) in [6.07, 6.45) is 3.39. The number of carbonyl (C=O) groups excluding carboxylic acids is 1. The molecule has 144 valence electrons. The number of piperidine rings is 1. The van der Waals surface area contributed by atoms with Gasteiger partial charge in [0.2, 0.25) is 17.5 Å². The SMILES string of the molecule is Cc1ccc(OC2CCN(C(=O)c3oc(-c4ccccc4)nc3C)CC2)nc1. The summed E-state index contributed by atoms with van der Waals surface area (Å²) in [5.74, 6) is 1.32. The standard InChI is InChI=1S/C22H23N3O3/c1-15-8-9-19(23-14-15)27-18-10-12-25(13-11-18)22(26)20-16(2)24-21(28-20)17-6-4-3-5-7-17/h3-9,14,18H,10-13H2,1-2H3. The molecule has 6 nitrogen and oxygen atoms in total. The monoisotopic (exact) mass is 377 g/mol. The van der Waals surface area contributed by atoms with E-state index in [0.717, 1.165) is 24.0 Å². The van der Waals surface area contributed by atoms with Gasteiger partial charge in [0, 0.05) is 43.8 Å². The number of carbonyl (C=O) groups is 1. The maximum atomic E-state index is 12.9. The van der Waals surface area contributed by atoms with Crippen LogP contribution in [0, 0.1) is 13.8 Å².